The Bertz CT molecular complexity index is 823. The monoisotopic (exact) mass is 394 g/mol. The quantitative estimate of drug-likeness (QED) is 0.741. The summed E-state index contributed by atoms with van der Waals surface area (Å²) in [7, 11) is 2.11. The average Bonchev–Trinajstić information content (AvgIpc) is 2.87. The fraction of sp³-hybridized carbons (Fsp3) is 0.348. The lowest BCUT2D eigenvalue weighted by molar-refractivity contribution is -0.144. The standard InChI is InChI=1S/C23H26N2O2S/c1-24-11-13-25(14-12-24)16-23(26)27-15-10-20-19-7-3-2-6-18(19)17-28-22-9-5-4-8-21(20)22/h2-10H,11-17H2,1H3/b20-10+. The van der Waals surface area contributed by atoms with Crippen LogP contribution < -0.4 is 0 Å². The van der Waals surface area contributed by atoms with E-state index in [1.807, 2.05) is 11.8 Å². The molecule has 2 aromatic rings. The molecule has 146 valence electrons. The Morgan fingerprint density at radius 2 is 1.75 bits per heavy atom. The number of thioether (sulfide) groups is 1. The van der Waals surface area contributed by atoms with Crippen LogP contribution in [-0.4, -0.2) is 62.1 Å². The molecule has 0 atom stereocenters. The van der Waals surface area contributed by atoms with Gasteiger partial charge in [-0.05, 0) is 41.5 Å². The number of likely N-dealkylation sites (N-methyl/N-ethyl adjacent to an activating group) is 1. The molecule has 2 heterocycles. The van der Waals surface area contributed by atoms with Gasteiger partial charge in [0.1, 0.15) is 6.61 Å². The summed E-state index contributed by atoms with van der Waals surface area (Å²) in [6.07, 6.45) is 2.06. The van der Waals surface area contributed by atoms with Crippen LogP contribution in [0.1, 0.15) is 16.7 Å². The van der Waals surface area contributed by atoms with Crippen LogP contribution in [0.15, 0.2) is 59.5 Å². The van der Waals surface area contributed by atoms with Gasteiger partial charge in [0.25, 0.3) is 0 Å². The number of fused-ring (bicyclic) bond motifs is 2. The fourth-order valence-electron chi connectivity index (χ4n) is 3.70. The van der Waals surface area contributed by atoms with E-state index in [0.29, 0.717) is 13.2 Å². The van der Waals surface area contributed by atoms with E-state index in [4.69, 9.17) is 4.74 Å². The van der Waals surface area contributed by atoms with Gasteiger partial charge >= 0.3 is 5.97 Å². The minimum absolute atomic E-state index is 0.147. The molecule has 2 aromatic carbocycles. The molecule has 2 aliphatic heterocycles. The highest BCUT2D eigenvalue weighted by molar-refractivity contribution is 7.98. The molecule has 28 heavy (non-hydrogen) atoms. The Morgan fingerprint density at radius 1 is 1.04 bits per heavy atom. The third kappa shape index (κ3) is 4.49. The summed E-state index contributed by atoms with van der Waals surface area (Å²) in [5.41, 5.74) is 4.92. The van der Waals surface area contributed by atoms with E-state index in [1.165, 1.54) is 21.6 Å². The number of nitrogens with zero attached hydrogens (tertiary/aromatic N) is 2. The molecule has 0 aliphatic carbocycles. The van der Waals surface area contributed by atoms with Crippen LogP contribution in [0.2, 0.25) is 0 Å². The largest absolute Gasteiger partial charge is 0.460 e. The van der Waals surface area contributed by atoms with Crippen molar-refractivity contribution in [2.45, 2.75) is 10.6 Å². The van der Waals surface area contributed by atoms with E-state index in [-0.39, 0.29) is 5.97 Å². The molecule has 0 radical (unpaired) electrons. The SMILES string of the molecule is CN1CCN(CC(=O)OC/C=C2\c3ccccc3CSc3ccccc32)CC1. The van der Waals surface area contributed by atoms with Crippen molar-refractivity contribution in [1.29, 1.82) is 0 Å². The molecule has 1 fully saturated rings. The number of ether oxygens (including phenoxy) is 1. The first-order chi connectivity index (χ1) is 13.7. The molecule has 0 N–H and O–H groups in total. The molecule has 4 nitrogen and oxygen atoms in total. The summed E-state index contributed by atoms with van der Waals surface area (Å²) in [4.78, 5) is 18.0. The molecule has 2 aliphatic rings. The zero-order chi connectivity index (χ0) is 19.3. The highest BCUT2D eigenvalue weighted by Crippen LogP contribution is 2.39. The molecule has 0 saturated carbocycles. The van der Waals surface area contributed by atoms with Crippen molar-refractivity contribution >= 4 is 23.3 Å². The number of carbonyl (C=O) groups is 1. The van der Waals surface area contributed by atoms with Gasteiger partial charge in [-0.15, -0.1) is 11.8 Å². The number of rotatable bonds is 4. The normalized spacial score (nSPS) is 19.0. The van der Waals surface area contributed by atoms with Crippen molar-refractivity contribution in [3.63, 3.8) is 0 Å². The predicted octanol–water partition coefficient (Wildman–Crippen LogP) is 3.51. The lowest BCUT2D eigenvalue weighted by atomic mass is 9.94. The maximum Gasteiger partial charge on any atom is 0.320 e. The second-order valence-corrected chi connectivity index (χ2v) is 8.34. The van der Waals surface area contributed by atoms with Crippen LogP contribution in [0.25, 0.3) is 5.57 Å². The molecule has 0 amide bonds. The molecular weight excluding hydrogens is 368 g/mol. The van der Waals surface area contributed by atoms with E-state index in [0.717, 1.165) is 37.5 Å². The molecule has 0 bridgehead atoms. The number of piperazine rings is 1. The summed E-state index contributed by atoms with van der Waals surface area (Å²) < 4.78 is 5.57. The van der Waals surface area contributed by atoms with Crippen molar-refractivity contribution in [3.05, 3.63) is 71.3 Å². The van der Waals surface area contributed by atoms with Crippen molar-refractivity contribution in [2.24, 2.45) is 0 Å². The molecule has 0 unspecified atom stereocenters. The van der Waals surface area contributed by atoms with Gasteiger partial charge in [0.2, 0.25) is 0 Å². The van der Waals surface area contributed by atoms with Gasteiger partial charge < -0.3 is 9.64 Å². The van der Waals surface area contributed by atoms with E-state index in [2.05, 4.69) is 71.5 Å². The van der Waals surface area contributed by atoms with Gasteiger partial charge in [-0.25, -0.2) is 0 Å². The zero-order valence-electron chi connectivity index (χ0n) is 16.3. The zero-order valence-corrected chi connectivity index (χ0v) is 17.1. The van der Waals surface area contributed by atoms with E-state index in [1.54, 1.807) is 0 Å². The first kappa shape index (κ1) is 19.2. The molecule has 4 rings (SSSR count). The first-order valence-electron chi connectivity index (χ1n) is 9.78. The Hall–Kier alpha value is -2.08. The summed E-state index contributed by atoms with van der Waals surface area (Å²) in [5.74, 6) is 0.805. The smallest absolute Gasteiger partial charge is 0.320 e. The van der Waals surface area contributed by atoms with E-state index >= 15 is 0 Å². The highest BCUT2D eigenvalue weighted by Gasteiger charge is 2.19. The number of esters is 1. The van der Waals surface area contributed by atoms with Gasteiger partial charge in [0.15, 0.2) is 0 Å². The fourth-order valence-corrected chi connectivity index (χ4v) is 4.77. The lowest BCUT2D eigenvalue weighted by Gasteiger charge is -2.31. The van der Waals surface area contributed by atoms with Gasteiger partial charge in [-0.3, -0.25) is 9.69 Å². The predicted molar refractivity (Wildman–Crippen MR) is 114 cm³/mol. The van der Waals surface area contributed by atoms with Crippen LogP contribution in [0.4, 0.5) is 0 Å². The van der Waals surface area contributed by atoms with Crippen LogP contribution in [-0.2, 0) is 15.3 Å². The topological polar surface area (TPSA) is 32.8 Å². The summed E-state index contributed by atoms with van der Waals surface area (Å²) in [6, 6.07) is 17.0. The Kier molecular flexibility index (Phi) is 6.15. The first-order valence-corrected chi connectivity index (χ1v) is 10.8. The van der Waals surface area contributed by atoms with E-state index < -0.39 is 0 Å². The Morgan fingerprint density at radius 3 is 2.57 bits per heavy atom. The minimum atomic E-state index is -0.147. The Balaban J connectivity index is 1.47. The summed E-state index contributed by atoms with van der Waals surface area (Å²) in [6.45, 7) is 4.52. The molecular formula is C23H26N2O2S. The summed E-state index contributed by atoms with van der Waals surface area (Å²) in [5, 5.41) is 0. The third-order valence-electron chi connectivity index (χ3n) is 5.35. The van der Waals surface area contributed by atoms with Crippen molar-refractivity contribution in [3.8, 4) is 0 Å². The maximum absolute atomic E-state index is 12.3. The van der Waals surface area contributed by atoms with Crippen LogP contribution in [0, 0.1) is 0 Å². The van der Waals surface area contributed by atoms with Crippen molar-refractivity contribution in [2.75, 3.05) is 46.4 Å². The van der Waals surface area contributed by atoms with Crippen molar-refractivity contribution in [1.82, 2.24) is 9.80 Å². The summed E-state index contributed by atoms with van der Waals surface area (Å²) >= 11 is 1.86. The van der Waals surface area contributed by atoms with Crippen molar-refractivity contribution < 1.29 is 9.53 Å². The van der Waals surface area contributed by atoms with Gasteiger partial charge in [-0.1, -0.05) is 42.5 Å². The number of hydrogen-bond acceptors (Lipinski definition) is 5. The lowest BCUT2D eigenvalue weighted by Crippen LogP contribution is -2.46. The van der Waals surface area contributed by atoms with Crippen LogP contribution >= 0.6 is 11.8 Å². The minimum Gasteiger partial charge on any atom is -0.460 e. The molecule has 0 aromatic heterocycles. The van der Waals surface area contributed by atoms with Gasteiger partial charge in [0.05, 0.1) is 6.54 Å². The van der Waals surface area contributed by atoms with Crippen LogP contribution in [0.3, 0.4) is 0 Å². The highest BCUT2D eigenvalue weighted by atomic mass is 32.2. The maximum atomic E-state index is 12.3. The van der Waals surface area contributed by atoms with Gasteiger partial charge in [0, 0.05) is 36.8 Å². The number of carbonyl (C=O) groups excluding carboxylic acids is 1. The molecule has 1 saturated heterocycles. The van der Waals surface area contributed by atoms with Gasteiger partial charge in [-0.2, -0.15) is 0 Å². The third-order valence-corrected chi connectivity index (χ3v) is 6.47. The average molecular weight is 395 g/mol. The second kappa shape index (κ2) is 8.95. The number of benzene rings is 2. The van der Waals surface area contributed by atoms with Crippen LogP contribution in [0.5, 0.6) is 0 Å². The number of hydrogen-bond donors (Lipinski definition) is 0. The molecule has 5 heteroatoms. The second-order valence-electron chi connectivity index (χ2n) is 7.32. The van der Waals surface area contributed by atoms with E-state index in [9.17, 15) is 4.79 Å². The Labute approximate surface area is 171 Å². The molecule has 0 spiro atoms.